The van der Waals surface area contributed by atoms with Gasteiger partial charge < -0.3 is 10.8 Å². The van der Waals surface area contributed by atoms with Gasteiger partial charge in [-0.25, -0.2) is 0 Å². The Balaban J connectivity index is 2.64. The topological polar surface area (TPSA) is 59.1 Å². The maximum absolute atomic E-state index is 9.81. The van der Waals surface area contributed by atoms with Gasteiger partial charge in [0.05, 0.1) is 6.10 Å². The molecule has 1 rings (SSSR count). The van der Waals surface area contributed by atoms with Crippen molar-refractivity contribution in [1.29, 1.82) is 0 Å². The highest BCUT2D eigenvalue weighted by Gasteiger charge is 2.13. The second-order valence-electron chi connectivity index (χ2n) is 3.73. The van der Waals surface area contributed by atoms with Crippen molar-refractivity contribution in [3.05, 3.63) is 24.0 Å². The number of nitrogen functional groups attached to an aromatic ring is 1. The molecule has 0 saturated carbocycles. The predicted molar refractivity (Wildman–Crippen MR) is 57.8 cm³/mol. The zero-order valence-corrected chi connectivity index (χ0v) is 8.77. The minimum Gasteiger partial charge on any atom is -0.398 e. The zero-order valence-electron chi connectivity index (χ0n) is 8.77. The van der Waals surface area contributed by atoms with E-state index in [9.17, 15) is 5.11 Å². The lowest BCUT2D eigenvalue weighted by atomic mass is 9.96. The molecule has 0 aliphatic heterocycles. The van der Waals surface area contributed by atoms with E-state index in [4.69, 9.17) is 5.73 Å². The summed E-state index contributed by atoms with van der Waals surface area (Å²) in [5, 5.41) is 9.81. The van der Waals surface area contributed by atoms with Crippen LogP contribution in [-0.4, -0.2) is 16.2 Å². The van der Waals surface area contributed by atoms with Crippen LogP contribution in [0.15, 0.2) is 18.5 Å². The number of hydrogen-bond acceptors (Lipinski definition) is 3. The van der Waals surface area contributed by atoms with Gasteiger partial charge in [-0.15, -0.1) is 0 Å². The van der Waals surface area contributed by atoms with E-state index in [1.54, 1.807) is 18.5 Å². The number of aliphatic hydroxyl groups excluding tert-OH is 1. The van der Waals surface area contributed by atoms with Crippen LogP contribution in [0.1, 0.15) is 25.8 Å². The van der Waals surface area contributed by atoms with Crippen LogP contribution < -0.4 is 5.73 Å². The molecule has 1 heterocycles. The molecule has 1 aromatic heterocycles. The molecule has 2 atom stereocenters. The van der Waals surface area contributed by atoms with Gasteiger partial charge in [-0.05, 0) is 17.5 Å². The first kappa shape index (κ1) is 11.0. The molecule has 78 valence electrons. The van der Waals surface area contributed by atoms with E-state index < -0.39 is 0 Å². The lowest BCUT2D eigenvalue weighted by molar-refractivity contribution is 0.115. The number of hydrogen-bond donors (Lipinski definition) is 2. The van der Waals surface area contributed by atoms with E-state index in [1.165, 1.54) is 0 Å². The number of anilines is 1. The summed E-state index contributed by atoms with van der Waals surface area (Å²) < 4.78 is 0. The summed E-state index contributed by atoms with van der Waals surface area (Å²) in [6.07, 6.45) is 4.62. The number of aromatic nitrogens is 1. The smallest absolute Gasteiger partial charge is 0.0607 e. The largest absolute Gasteiger partial charge is 0.398 e. The molecule has 2 unspecified atom stereocenters. The molecule has 3 heteroatoms. The molecule has 3 N–H and O–H groups in total. The number of aliphatic hydroxyl groups is 1. The molecule has 0 aliphatic carbocycles. The molecular formula is C11H18N2O. The molecule has 3 nitrogen and oxygen atoms in total. The van der Waals surface area contributed by atoms with Crippen molar-refractivity contribution in [3.63, 3.8) is 0 Å². The van der Waals surface area contributed by atoms with Crippen LogP contribution in [0.5, 0.6) is 0 Å². The summed E-state index contributed by atoms with van der Waals surface area (Å²) in [6.45, 7) is 4.11. The molecule has 1 aromatic rings. The van der Waals surface area contributed by atoms with Crippen molar-refractivity contribution in [2.24, 2.45) is 5.92 Å². The minimum absolute atomic E-state index is 0.301. The van der Waals surface area contributed by atoms with Crippen LogP contribution in [0, 0.1) is 5.92 Å². The average molecular weight is 194 g/mol. The standard InChI is InChI=1S/C11H18N2O/c1-3-8(2)11(14)6-9-7-13-5-4-10(9)12/h4-5,7-8,11,14H,3,6H2,1-2H3,(H2,12,13). The fourth-order valence-electron chi connectivity index (χ4n) is 1.31. The summed E-state index contributed by atoms with van der Waals surface area (Å²) >= 11 is 0. The quantitative estimate of drug-likeness (QED) is 0.765. The third-order valence-electron chi connectivity index (χ3n) is 2.67. The molecular weight excluding hydrogens is 176 g/mol. The van der Waals surface area contributed by atoms with Crippen molar-refractivity contribution >= 4 is 5.69 Å². The SMILES string of the molecule is CCC(C)C(O)Cc1cnccc1N. The maximum Gasteiger partial charge on any atom is 0.0607 e. The Labute approximate surface area is 85.0 Å². The maximum atomic E-state index is 9.81. The van der Waals surface area contributed by atoms with Crippen LogP contribution in [0.3, 0.4) is 0 Å². The van der Waals surface area contributed by atoms with Crippen LogP contribution in [0.2, 0.25) is 0 Å². The van der Waals surface area contributed by atoms with E-state index in [0.29, 0.717) is 18.0 Å². The lowest BCUT2D eigenvalue weighted by Gasteiger charge is -2.17. The Bertz CT molecular complexity index is 288. The summed E-state index contributed by atoms with van der Waals surface area (Å²) in [6, 6.07) is 1.76. The van der Waals surface area contributed by atoms with E-state index in [-0.39, 0.29) is 6.10 Å². The first-order valence-corrected chi connectivity index (χ1v) is 5.01. The van der Waals surface area contributed by atoms with Gasteiger partial charge in [0.1, 0.15) is 0 Å². The fourth-order valence-corrected chi connectivity index (χ4v) is 1.31. The molecule has 0 amide bonds. The number of rotatable bonds is 4. The highest BCUT2D eigenvalue weighted by molar-refractivity contribution is 5.44. The highest BCUT2D eigenvalue weighted by Crippen LogP contribution is 2.16. The lowest BCUT2D eigenvalue weighted by Crippen LogP contribution is -2.20. The first-order chi connectivity index (χ1) is 6.65. The van der Waals surface area contributed by atoms with Gasteiger partial charge in [0.25, 0.3) is 0 Å². The molecule has 0 radical (unpaired) electrons. The predicted octanol–water partition coefficient (Wildman–Crippen LogP) is 1.61. The Morgan fingerprint density at radius 3 is 2.86 bits per heavy atom. The molecule has 0 aliphatic rings. The number of nitrogens with zero attached hydrogens (tertiary/aromatic N) is 1. The van der Waals surface area contributed by atoms with Gasteiger partial charge in [-0.2, -0.15) is 0 Å². The molecule has 0 bridgehead atoms. The van der Waals surface area contributed by atoms with Gasteiger partial charge >= 0.3 is 0 Å². The van der Waals surface area contributed by atoms with Gasteiger partial charge in [0.15, 0.2) is 0 Å². The van der Waals surface area contributed by atoms with E-state index in [2.05, 4.69) is 11.9 Å². The van der Waals surface area contributed by atoms with Crippen molar-refractivity contribution in [3.8, 4) is 0 Å². The summed E-state index contributed by atoms with van der Waals surface area (Å²) in [4.78, 5) is 3.99. The molecule has 0 fully saturated rings. The number of nitrogens with two attached hydrogens (primary N) is 1. The van der Waals surface area contributed by atoms with Gasteiger partial charge in [-0.3, -0.25) is 4.98 Å². The first-order valence-electron chi connectivity index (χ1n) is 5.01. The Morgan fingerprint density at radius 1 is 1.57 bits per heavy atom. The van der Waals surface area contributed by atoms with Gasteiger partial charge in [0.2, 0.25) is 0 Å². The molecule has 14 heavy (non-hydrogen) atoms. The summed E-state index contributed by atoms with van der Waals surface area (Å²) in [5.41, 5.74) is 7.40. The fraction of sp³-hybridized carbons (Fsp3) is 0.545. The van der Waals surface area contributed by atoms with Gasteiger partial charge in [-0.1, -0.05) is 20.3 Å². The minimum atomic E-state index is -0.327. The Hall–Kier alpha value is -1.09. The van der Waals surface area contributed by atoms with Gasteiger partial charge in [0, 0.05) is 24.5 Å². The highest BCUT2D eigenvalue weighted by atomic mass is 16.3. The van der Waals surface area contributed by atoms with Crippen LogP contribution in [0.4, 0.5) is 5.69 Å². The van der Waals surface area contributed by atoms with Crippen LogP contribution >= 0.6 is 0 Å². The summed E-state index contributed by atoms with van der Waals surface area (Å²) in [7, 11) is 0. The van der Waals surface area contributed by atoms with E-state index in [0.717, 1.165) is 12.0 Å². The number of pyridine rings is 1. The van der Waals surface area contributed by atoms with Crippen LogP contribution in [-0.2, 0) is 6.42 Å². The van der Waals surface area contributed by atoms with Crippen molar-refractivity contribution in [1.82, 2.24) is 4.98 Å². The van der Waals surface area contributed by atoms with Crippen molar-refractivity contribution < 1.29 is 5.11 Å². The average Bonchev–Trinajstić information content (AvgIpc) is 2.20. The van der Waals surface area contributed by atoms with E-state index in [1.807, 2.05) is 6.92 Å². The molecule has 0 saturated heterocycles. The molecule has 0 spiro atoms. The zero-order chi connectivity index (χ0) is 10.6. The third kappa shape index (κ3) is 2.70. The van der Waals surface area contributed by atoms with Crippen molar-refractivity contribution in [2.45, 2.75) is 32.8 Å². The van der Waals surface area contributed by atoms with Crippen molar-refractivity contribution in [2.75, 3.05) is 5.73 Å². The molecule has 0 aromatic carbocycles. The normalized spacial score (nSPS) is 15.1. The third-order valence-corrected chi connectivity index (χ3v) is 2.67. The van der Waals surface area contributed by atoms with Crippen LogP contribution in [0.25, 0.3) is 0 Å². The second kappa shape index (κ2) is 4.96. The monoisotopic (exact) mass is 194 g/mol. The Morgan fingerprint density at radius 2 is 2.29 bits per heavy atom. The van der Waals surface area contributed by atoms with E-state index >= 15 is 0 Å². The summed E-state index contributed by atoms with van der Waals surface area (Å²) in [5.74, 6) is 0.301. The second-order valence-corrected chi connectivity index (χ2v) is 3.73. The Kier molecular flexibility index (Phi) is 3.89.